The molecule has 0 radical (unpaired) electrons. The Hall–Kier alpha value is -1.75. The Morgan fingerprint density at radius 2 is 2.13 bits per heavy atom. The molecule has 1 heterocycles. The van der Waals surface area contributed by atoms with E-state index < -0.39 is 0 Å². The van der Waals surface area contributed by atoms with Gasteiger partial charge in [-0.15, -0.1) is 6.42 Å². The van der Waals surface area contributed by atoms with E-state index in [2.05, 4.69) is 18.1 Å². The standard InChI is InChI=1S/C13H13NO/c1-2-8-14-10-12(9-13(14)15)11-6-4-3-5-7-11/h1,3-7,12H,8-10H2. The minimum atomic E-state index is 0.168. The van der Waals surface area contributed by atoms with Gasteiger partial charge < -0.3 is 4.90 Å². The molecule has 1 saturated heterocycles. The second kappa shape index (κ2) is 4.18. The molecule has 0 aliphatic carbocycles. The molecular formula is C13H13NO. The van der Waals surface area contributed by atoms with Gasteiger partial charge in [-0.3, -0.25) is 4.79 Å². The van der Waals surface area contributed by atoms with Crippen molar-refractivity contribution in [3.63, 3.8) is 0 Å². The molecule has 15 heavy (non-hydrogen) atoms. The first-order valence-electron chi connectivity index (χ1n) is 5.07. The lowest BCUT2D eigenvalue weighted by atomic mass is 9.99. The number of benzene rings is 1. The quantitative estimate of drug-likeness (QED) is 0.663. The molecule has 1 aliphatic heterocycles. The van der Waals surface area contributed by atoms with Crippen LogP contribution in [0, 0.1) is 12.3 Å². The molecular weight excluding hydrogens is 186 g/mol. The van der Waals surface area contributed by atoms with Crippen molar-refractivity contribution in [2.24, 2.45) is 0 Å². The van der Waals surface area contributed by atoms with E-state index in [1.807, 2.05) is 18.2 Å². The summed E-state index contributed by atoms with van der Waals surface area (Å²) in [6.45, 7) is 1.19. The summed E-state index contributed by atoms with van der Waals surface area (Å²) in [4.78, 5) is 13.3. The van der Waals surface area contributed by atoms with Crippen LogP contribution in [0.2, 0.25) is 0 Å². The maximum absolute atomic E-state index is 11.6. The third kappa shape index (κ3) is 2.02. The van der Waals surface area contributed by atoms with Crippen LogP contribution in [0.1, 0.15) is 17.9 Å². The summed E-state index contributed by atoms with van der Waals surface area (Å²) in [5, 5.41) is 0. The Labute approximate surface area is 89.9 Å². The van der Waals surface area contributed by atoms with Crippen LogP contribution < -0.4 is 0 Å². The number of hydrogen-bond acceptors (Lipinski definition) is 1. The Balaban J connectivity index is 2.10. The zero-order valence-electron chi connectivity index (χ0n) is 8.52. The minimum Gasteiger partial charge on any atom is -0.331 e. The fourth-order valence-corrected chi connectivity index (χ4v) is 1.98. The summed E-state index contributed by atoms with van der Waals surface area (Å²) >= 11 is 0. The summed E-state index contributed by atoms with van der Waals surface area (Å²) in [5.41, 5.74) is 1.23. The number of likely N-dealkylation sites (tertiary alicyclic amines) is 1. The fourth-order valence-electron chi connectivity index (χ4n) is 1.98. The highest BCUT2D eigenvalue weighted by Gasteiger charge is 2.29. The predicted molar refractivity (Wildman–Crippen MR) is 59.2 cm³/mol. The van der Waals surface area contributed by atoms with Crippen LogP contribution >= 0.6 is 0 Å². The smallest absolute Gasteiger partial charge is 0.224 e. The van der Waals surface area contributed by atoms with E-state index in [1.165, 1.54) is 5.56 Å². The Kier molecular flexibility index (Phi) is 2.73. The zero-order valence-corrected chi connectivity index (χ0v) is 8.52. The van der Waals surface area contributed by atoms with Gasteiger partial charge in [0.2, 0.25) is 5.91 Å². The van der Waals surface area contributed by atoms with E-state index in [9.17, 15) is 4.79 Å². The summed E-state index contributed by atoms with van der Waals surface area (Å²) in [6.07, 6.45) is 5.80. The number of carbonyl (C=O) groups is 1. The van der Waals surface area contributed by atoms with Gasteiger partial charge in [-0.05, 0) is 5.56 Å². The van der Waals surface area contributed by atoms with E-state index in [4.69, 9.17) is 6.42 Å². The van der Waals surface area contributed by atoms with Crippen LogP contribution in [0.25, 0.3) is 0 Å². The maximum Gasteiger partial charge on any atom is 0.224 e. The molecule has 1 aromatic carbocycles. The highest BCUT2D eigenvalue weighted by Crippen LogP contribution is 2.27. The molecule has 0 saturated carbocycles. The summed E-state index contributed by atoms with van der Waals surface area (Å²) in [6, 6.07) is 10.1. The van der Waals surface area contributed by atoms with E-state index in [0.717, 1.165) is 6.54 Å². The lowest BCUT2D eigenvalue weighted by Gasteiger charge is -2.12. The van der Waals surface area contributed by atoms with Gasteiger partial charge >= 0.3 is 0 Å². The normalized spacial score (nSPS) is 20.3. The lowest BCUT2D eigenvalue weighted by Crippen LogP contribution is -2.25. The second-order valence-electron chi connectivity index (χ2n) is 3.79. The van der Waals surface area contributed by atoms with Gasteiger partial charge in [0.1, 0.15) is 0 Å². The van der Waals surface area contributed by atoms with E-state index in [0.29, 0.717) is 18.9 Å². The van der Waals surface area contributed by atoms with Crippen LogP contribution in [0.3, 0.4) is 0 Å². The molecule has 1 unspecified atom stereocenters. The number of hydrogen-bond donors (Lipinski definition) is 0. The molecule has 1 fully saturated rings. The van der Waals surface area contributed by atoms with Crippen LogP contribution in [0.5, 0.6) is 0 Å². The zero-order chi connectivity index (χ0) is 10.7. The Morgan fingerprint density at radius 1 is 1.40 bits per heavy atom. The summed E-state index contributed by atoms with van der Waals surface area (Å²) in [7, 11) is 0. The first kappa shape index (κ1) is 9.79. The molecule has 1 aliphatic rings. The molecule has 1 atom stereocenters. The van der Waals surface area contributed by atoms with Gasteiger partial charge in [-0.2, -0.15) is 0 Å². The molecule has 1 amide bonds. The second-order valence-corrected chi connectivity index (χ2v) is 3.79. The molecule has 76 valence electrons. The van der Waals surface area contributed by atoms with Crippen molar-refractivity contribution in [3.05, 3.63) is 35.9 Å². The molecule has 1 aromatic rings. The Bertz CT molecular complexity index is 391. The van der Waals surface area contributed by atoms with Crippen LogP contribution in [-0.2, 0) is 4.79 Å². The first-order chi connectivity index (χ1) is 7.31. The van der Waals surface area contributed by atoms with Crippen molar-refractivity contribution in [1.82, 2.24) is 4.90 Å². The average molecular weight is 199 g/mol. The molecule has 0 bridgehead atoms. The molecule has 0 N–H and O–H groups in total. The van der Waals surface area contributed by atoms with Crippen LogP contribution in [0.4, 0.5) is 0 Å². The van der Waals surface area contributed by atoms with Gasteiger partial charge in [-0.25, -0.2) is 0 Å². The summed E-state index contributed by atoms with van der Waals surface area (Å²) in [5.74, 6) is 3.00. The first-order valence-corrected chi connectivity index (χ1v) is 5.07. The number of carbonyl (C=O) groups excluding carboxylic acids is 1. The van der Waals surface area contributed by atoms with Crippen molar-refractivity contribution in [1.29, 1.82) is 0 Å². The van der Waals surface area contributed by atoms with Crippen LogP contribution in [0.15, 0.2) is 30.3 Å². The topological polar surface area (TPSA) is 20.3 Å². The molecule has 2 heteroatoms. The van der Waals surface area contributed by atoms with E-state index in [1.54, 1.807) is 4.90 Å². The maximum atomic E-state index is 11.6. The van der Waals surface area contributed by atoms with Gasteiger partial charge in [0.25, 0.3) is 0 Å². The third-order valence-electron chi connectivity index (χ3n) is 2.77. The highest BCUT2D eigenvalue weighted by molar-refractivity contribution is 5.80. The van der Waals surface area contributed by atoms with Crippen molar-refractivity contribution in [3.8, 4) is 12.3 Å². The van der Waals surface area contributed by atoms with Crippen molar-refractivity contribution < 1.29 is 4.79 Å². The largest absolute Gasteiger partial charge is 0.331 e. The monoisotopic (exact) mass is 199 g/mol. The Morgan fingerprint density at radius 3 is 2.80 bits per heavy atom. The number of rotatable bonds is 2. The number of terminal acetylenes is 1. The van der Waals surface area contributed by atoms with Gasteiger partial charge in [0, 0.05) is 18.9 Å². The van der Waals surface area contributed by atoms with Gasteiger partial charge in [0.05, 0.1) is 6.54 Å². The third-order valence-corrected chi connectivity index (χ3v) is 2.77. The fraction of sp³-hybridized carbons (Fsp3) is 0.308. The number of nitrogens with zero attached hydrogens (tertiary/aromatic N) is 1. The highest BCUT2D eigenvalue weighted by atomic mass is 16.2. The lowest BCUT2D eigenvalue weighted by molar-refractivity contribution is -0.127. The minimum absolute atomic E-state index is 0.168. The predicted octanol–water partition coefficient (Wildman–Crippen LogP) is 1.64. The average Bonchev–Trinajstić information content (AvgIpc) is 2.63. The van der Waals surface area contributed by atoms with Crippen molar-refractivity contribution in [2.45, 2.75) is 12.3 Å². The molecule has 2 rings (SSSR count). The van der Waals surface area contributed by atoms with Crippen molar-refractivity contribution in [2.75, 3.05) is 13.1 Å². The van der Waals surface area contributed by atoms with E-state index in [-0.39, 0.29) is 5.91 Å². The van der Waals surface area contributed by atoms with Crippen molar-refractivity contribution >= 4 is 5.91 Å². The molecule has 0 aromatic heterocycles. The molecule has 2 nitrogen and oxygen atoms in total. The van der Waals surface area contributed by atoms with Gasteiger partial charge in [0.15, 0.2) is 0 Å². The van der Waals surface area contributed by atoms with Gasteiger partial charge in [-0.1, -0.05) is 36.3 Å². The van der Waals surface area contributed by atoms with Crippen LogP contribution in [-0.4, -0.2) is 23.9 Å². The number of amides is 1. The van der Waals surface area contributed by atoms with E-state index >= 15 is 0 Å². The summed E-state index contributed by atoms with van der Waals surface area (Å²) < 4.78 is 0. The molecule has 0 spiro atoms. The SMILES string of the molecule is C#CCN1CC(c2ccccc2)CC1=O.